The molecular formula is C21H22Br2N2O4. The van der Waals surface area contributed by atoms with Gasteiger partial charge < -0.3 is 10.1 Å². The lowest BCUT2D eigenvalue weighted by molar-refractivity contribution is -0.123. The molecule has 154 valence electrons. The Morgan fingerprint density at radius 3 is 2.45 bits per heavy atom. The lowest BCUT2D eigenvalue weighted by atomic mass is 9.81. The highest BCUT2D eigenvalue weighted by Gasteiger charge is 2.66. The van der Waals surface area contributed by atoms with Crippen molar-refractivity contribution >= 4 is 55.3 Å². The van der Waals surface area contributed by atoms with Crippen LogP contribution in [0.3, 0.4) is 0 Å². The number of carbonyl (C=O) groups is 3. The third-order valence-electron chi connectivity index (χ3n) is 6.87. The molecule has 29 heavy (non-hydrogen) atoms. The number of amides is 3. The summed E-state index contributed by atoms with van der Waals surface area (Å²) < 4.78 is 5.54. The van der Waals surface area contributed by atoms with E-state index in [1.807, 2.05) is 0 Å². The van der Waals surface area contributed by atoms with Crippen molar-refractivity contribution < 1.29 is 19.1 Å². The molecule has 2 aliphatic carbocycles. The Bertz CT molecular complexity index is 840. The highest BCUT2D eigenvalue weighted by atomic mass is 79.9. The number of ether oxygens (including phenoxy) is 1. The highest BCUT2D eigenvalue weighted by Crippen LogP contribution is 2.60. The smallest absolute Gasteiger partial charge is 0.251 e. The third-order valence-corrected chi connectivity index (χ3v) is 10.1. The van der Waals surface area contributed by atoms with Gasteiger partial charge in [-0.15, -0.1) is 0 Å². The van der Waals surface area contributed by atoms with Crippen molar-refractivity contribution in [2.75, 3.05) is 18.1 Å². The Balaban J connectivity index is 1.35. The maximum atomic E-state index is 13.2. The first kappa shape index (κ1) is 19.7. The van der Waals surface area contributed by atoms with Crippen LogP contribution < -0.4 is 10.2 Å². The van der Waals surface area contributed by atoms with Crippen LogP contribution in [0.25, 0.3) is 0 Å². The van der Waals surface area contributed by atoms with Crippen molar-refractivity contribution in [3.63, 3.8) is 0 Å². The van der Waals surface area contributed by atoms with Crippen molar-refractivity contribution in [1.82, 2.24) is 5.32 Å². The molecule has 0 spiro atoms. The van der Waals surface area contributed by atoms with Crippen molar-refractivity contribution in [2.45, 2.75) is 35.0 Å². The number of imide groups is 1. The van der Waals surface area contributed by atoms with Crippen LogP contribution in [0.1, 0.15) is 29.6 Å². The summed E-state index contributed by atoms with van der Waals surface area (Å²) in [7, 11) is 0. The van der Waals surface area contributed by atoms with Gasteiger partial charge in [0.15, 0.2) is 0 Å². The number of hydrogen-bond acceptors (Lipinski definition) is 4. The Kier molecular flexibility index (Phi) is 5.07. The first-order valence-corrected chi connectivity index (χ1v) is 12.0. The molecule has 1 aromatic rings. The van der Waals surface area contributed by atoms with Crippen LogP contribution in [-0.2, 0) is 14.3 Å². The number of nitrogens with one attached hydrogen (secondary N) is 1. The number of hydrogen-bond donors (Lipinski definition) is 1. The molecule has 2 bridgehead atoms. The molecule has 4 fully saturated rings. The van der Waals surface area contributed by atoms with Crippen molar-refractivity contribution in [3.05, 3.63) is 29.8 Å². The van der Waals surface area contributed by atoms with E-state index in [1.54, 1.807) is 24.3 Å². The Morgan fingerprint density at radius 2 is 1.83 bits per heavy atom. The van der Waals surface area contributed by atoms with Crippen LogP contribution in [0.2, 0.25) is 0 Å². The molecule has 0 aromatic heterocycles. The number of rotatable bonds is 4. The van der Waals surface area contributed by atoms with E-state index in [0.29, 0.717) is 17.8 Å². The first-order valence-electron chi connectivity index (χ1n) is 10.1. The van der Waals surface area contributed by atoms with E-state index >= 15 is 0 Å². The van der Waals surface area contributed by atoms with Gasteiger partial charge in [0.1, 0.15) is 0 Å². The highest BCUT2D eigenvalue weighted by molar-refractivity contribution is 9.12. The zero-order valence-electron chi connectivity index (χ0n) is 15.7. The predicted octanol–water partition coefficient (Wildman–Crippen LogP) is 2.88. The summed E-state index contributed by atoms with van der Waals surface area (Å²) in [6.45, 7) is 1.21. The molecule has 3 amide bonds. The summed E-state index contributed by atoms with van der Waals surface area (Å²) in [6, 6.07) is 6.79. The number of fused-ring (bicyclic) bond motifs is 5. The van der Waals surface area contributed by atoms with E-state index in [-0.39, 0.29) is 57.2 Å². The molecule has 1 aromatic carbocycles. The molecule has 5 rings (SSSR count). The van der Waals surface area contributed by atoms with E-state index in [9.17, 15) is 14.4 Å². The molecule has 1 N–H and O–H groups in total. The summed E-state index contributed by atoms with van der Waals surface area (Å²) >= 11 is 7.41. The maximum Gasteiger partial charge on any atom is 0.251 e. The van der Waals surface area contributed by atoms with Gasteiger partial charge in [-0.2, -0.15) is 0 Å². The molecule has 0 radical (unpaired) electrons. The molecule has 6 nitrogen and oxygen atoms in total. The average molecular weight is 526 g/mol. The van der Waals surface area contributed by atoms with Crippen LogP contribution in [0.15, 0.2) is 24.3 Å². The second-order valence-electron chi connectivity index (χ2n) is 8.41. The Hall–Kier alpha value is -1.25. The van der Waals surface area contributed by atoms with Gasteiger partial charge in [0, 0.05) is 28.4 Å². The molecular weight excluding hydrogens is 504 g/mol. The first-order chi connectivity index (χ1) is 14.0. The summed E-state index contributed by atoms with van der Waals surface area (Å²) in [5.41, 5.74) is 0.925. The van der Waals surface area contributed by atoms with Crippen molar-refractivity contribution in [3.8, 4) is 0 Å². The zero-order valence-corrected chi connectivity index (χ0v) is 18.9. The number of alkyl halides is 2. The normalized spacial score (nSPS) is 38.0. The number of halogens is 2. The summed E-state index contributed by atoms with van der Waals surface area (Å²) in [5, 5.41) is 2.89. The van der Waals surface area contributed by atoms with Gasteiger partial charge in [0.25, 0.3) is 5.91 Å². The lowest BCUT2D eigenvalue weighted by Crippen LogP contribution is -2.37. The fourth-order valence-electron chi connectivity index (χ4n) is 5.50. The van der Waals surface area contributed by atoms with Crippen molar-refractivity contribution in [2.24, 2.45) is 23.7 Å². The molecule has 2 aliphatic heterocycles. The zero-order chi connectivity index (χ0) is 20.3. The molecule has 4 aliphatic rings. The van der Waals surface area contributed by atoms with Crippen LogP contribution in [0.4, 0.5) is 5.69 Å². The Labute approximate surface area is 186 Å². The summed E-state index contributed by atoms with van der Waals surface area (Å²) in [5.74, 6) is -0.655. The fourth-order valence-corrected chi connectivity index (χ4v) is 7.38. The lowest BCUT2D eigenvalue weighted by Gasteiger charge is -2.28. The van der Waals surface area contributed by atoms with Gasteiger partial charge in [-0.3, -0.25) is 19.3 Å². The number of carbonyl (C=O) groups excluding carboxylic acids is 3. The molecule has 7 atom stereocenters. The van der Waals surface area contributed by atoms with E-state index in [2.05, 4.69) is 37.2 Å². The largest absolute Gasteiger partial charge is 0.376 e. The van der Waals surface area contributed by atoms with Gasteiger partial charge in [0.05, 0.1) is 23.6 Å². The molecule has 8 heteroatoms. The minimum absolute atomic E-state index is 0.0631. The molecule has 2 heterocycles. The minimum atomic E-state index is -0.261. The van der Waals surface area contributed by atoms with E-state index in [4.69, 9.17) is 4.74 Å². The minimum Gasteiger partial charge on any atom is -0.376 e. The van der Waals surface area contributed by atoms with Crippen LogP contribution in [0, 0.1) is 23.7 Å². The Morgan fingerprint density at radius 1 is 1.14 bits per heavy atom. The van der Waals surface area contributed by atoms with E-state index < -0.39 is 0 Å². The number of benzene rings is 1. The quantitative estimate of drug-likeness (QED) is 0.484. The van der Waals surface area contributed by atoms with Gasteiger partial charge in [-0.1, -0.05) is 37.9 Å². The molecule has 2 saturated heterocycles. The van der Waals surface area contributed by atoms with Gasteiger partial charge >= 0.3 is 0 Å². The third kappa shape index (κ3) is 3.10. The maximum absolute atomic E-state index is 13.2. The van der Waals surface area contributed by atoms with Gasteiger partial charge in [-0.25, -0.2) is 0 Å². The summed E-state index contributed by atoms with van der Waals surface area (Å²) in [4.78, 5) is 40.6. The topological polar surface area (TPSA) is 75.7 Å². The molecule has 2 saturated carbocycles. The molecule has 0 unspecified atom stereocenters. The van der Waals surface area contributed by atoms with Crippen LogP contribution in [0.5, 0.6) is 0 Å². The van der Waals surface area contributed by atoms with Crippen molar-refractivity contribution in [1.29, 1.82) is 0 Å². The second kappa shape index (κ2) is 7.46. The van der Waals surface area contributed by atoms with E-state index in [0.717, 1.165) is 25.9 Å². The van der Waals surface area contributed by atoms with Gasteiger partial charge in [-0.05, 0) is 49.3 Å². The van der Waals surface area contributed by atoms with Crippen LogP contribution in [-0.4, -0.2) is 46.6 Å². The predicted molar refractivity (Wildman–Crippen MR) is 114 cm³/mol. The summed E-state index contributed by atoms with van der Waals surface area (Å²) in [6.07, 6.45) is 2.93. The fraction of sp³-hybridized carbons (Fsp3) is 0.571. The number of anilines is 1. The van der Waals surface area contributed by atoms with E-state index in [1.165, 1.54) is 4.90 Å². The average Bonchev–Trinajstić information content (AvgIpc) is 3.47. The second-order valence-corrected chi connectivity index (χ2v) is 10.5. The monoisotopic (exact) mass is 524 g/mol. The number of nitrogens with zero attached hydrogens (tertiary/aromatic N) is 1. The SMILES string of the molecule is O=C(NC[C@@H]1CCCO1)c1cccc(N2C(=O)[C@@H]3[C@H]4C[C@@H]([C@H](Br)[C@H]4Br)[C@@H]3C2=O)c1. The standard InChI is InChI=1S/C21H22Br2N2O4/c22-17-13-8-14(18(17)23)16-15(13)20(27)25(21(16)28)11-4-1-3-10(7-11)19(26)24-9-12-5-2-6-29-12/h1,3-4,7,12-18H,2,5-6,8-9H2,(H,24,26)/t12-,13+,14+,15-,16+,17-,18-/m0/s1. The van der Waals surface area contributed by atoms with Crippen LogP contribution >= 0.6 is 31.9 Å². The van der Waals surface area contributed by atoms with Gasteiger partial charge in [0.2, 0.25) is 11.8 Å².